The van der Waals surface area contributed by atoms with Gasteiger partial charge in [-0.1, -0.05) is 27.7 Å². The van der Waals surface area contributed by atoms with Crippen LogP contribution in [0.4, 0.5) is 0 Å². The molecule has 0 amide bonds. The number of nitrogens with zero attached hydrogens (tertiary/aromatic N) is 2. The van der Waals surface area contributed by atoms with E-state index in [9.17, 15) is 4.79 Å². The van der Waals surface area contributed by atoms with Gasteiger partial charge in [-0.3, -0.25) is 0 Å². The minimum atomic E-state index is -1.01. The average Bonchev–Trinajstić information content (AvgIpc) is 2.60. The maximum absolute atomic E-state index is 10.3. The van der Waals surface area contributed by atoms with E-state index in [0.717, 1.165) is 0 Å². The number of rotatable bonds is 5. The van der Waals surface area contributed by atoms with E-state index < -0.39 is 5.97 Å². The van der Waals surface area contributed by atoms with Crippen molar-refractivity contribution in [1.29, 1.82) is 0 Å². The Morgan fingerprint density at radius 1 is 1.33 bits per heavy atom. The van der Waals surface area contributed by atoms with Gasteiger partial charge in [-0.25, -0.2) is 4.79 Å². The van der Waals surface area contributed by atoms with Crippen LogP contribution in [-0.2, 0) is 16.1 Å². The Morgan fingerprint density at radius 3 is 2.44 bits per heavy atom. The van der Waals surface area contributed by atoms with Crippen LogP contribution in [-0.4, -0.2) is 27.9 Å². The highest BCUT2D eigenvalue weighted by Crippen LogP contribution is 2.73. The molecule has 1 aromatic heterocycles. The summed E-state index contributed by atoms with van der Waals surface area (Å²) in [4.78, 5) is 10.3. The minimum absolute atomic E-state index is 0.0346. The second kappa shape index (κ2) is 4.05. The van der Waals surface area contributed by atoms with Crippen LogP contribution in [0.3, 0.4) is 0 Å². The molecule has 0 bridgehead atoms. The Morgan fingerprint density at radius 2 is 1.94 bits per heavy atom. The SMILES string of the molecule is CC1(C)C(c2nnc(COCC(=O)O)o2)C1(C)C. The summed E-state index contributed by atoms with van der Waals surface area (Å²) in [6, 6.07) is 0. The van der Waals surface area contributed by atoms with Crippen LogP contribution in [0.1, 0.15) is 45.4 Å². The number of carbonyl (C=O) groups is 1. The maximum Gasteiger partial charge on any atom is 0.329 e. The molecule has 1 aromatic rings. The molecule has 6 heteroatoms. The summed E-state index contributed by atoms with van der Waals surface area (Å²) < 4.78 is 10.4. The molecule has 0 aromatic carbocycles. The second-order valence-corrected chi connectivity index (χ2v) is 5.80. The molecule has 0 saturated heterocycles. The molecule has 1 saturated carbocycles. The standard InChI is InChI=1S/C12H18N2O4/c1-11(2)9(12(11,3)4)10-14-13-7(18-10)5-17-6-8(15)16/h9H,5-6H2,1-4H3,(H,15,16). The quantitative estimate of drug-likeness (QED) is 0.862. The Kier molecular flexibility index (Phi) is 2.93. The molecule has 1 aliphatic rings. The van der Waals surface area contributed by atoms with Gasteiger partial charge in [0.1, 0.15) is 13.2 Å². The van der Waals surface area contributed by atoms with Gasteiger partial charge in [-0.05, 0) is 10.8 Å². The van der Waals surface area contributed by atoms with Gasteiger partial charge in [-0.2, -0.15) is 0 Å². The lowest BCUT2D eigenvalue weighted by Gasteiger charge is -2.03. The van der Waals surface area contributed by atoms with Crippen molar-refractivity contribution in [1.82, 2.24) is 10.2 Å². The molecule has 100 valence electrons. The normalized spacial score (nSPS) is 20.9. The summed E-state index contributed by atoms with van der Waals surface area (Å²) in [6.07, 6.45) is 0. The fourth-order valence-corrected chi connectivity index (χ4v) is 2.48. The van der Waals surface area contributed by atoms with Crippen LogP contribution in [0, 0.1) is 10.8 Å². The number of aliphatic carboxylic acids is 1. The third kappa shape index (κ3) is 2.01. The molecule has 2 rings (SSSR count). The highest BCUT2D eigenvalue weighted by atomic mass is 16.5. The van der Waals surface area contributed by atoms with Crippen molar-refractivity contribution in [3.05, 3.63) is 11.8 Å². The molecule has 18 heavy (non-hydrogen) atoms. The summed E-state index contributed by atoms with van der Waals surface area (Å²) in [5.41, 5.74) is 0.275. The summed E-state index contributed by atoms with van der Waals surface area (Å²) in [6.45, 7) is 8.35. The summed E-state index contributed by atoms with van der Waals surface area (Å²) >= 11 is 0. The zero-order valence-electron chi connectivity index (χ0n) is 11.1. The molecular weight excluding hydrogens is 236 g/mol. The van der Waals surface area contributed by atoms with Gasteiger partial charge in [-0.15, -0.1) is 10.2 Å². The van der Waals surface area contributed by atoms with Crippen molar-refractivity contribution in [3.8, 4) is 0 Å². The van der Waals surface area contributed by atoms with Crippen molar-refractivity contribution >= 4 is 5.97 Å². The van der Waals surface area contributed by atoms with Gasteiger partial charge in [0.05, 0.1) is 0 Å². The van der Waals surface area contributed by atoms with Crippen molar-refractivity contribution < 1.29 is 19.1 Å². The molecule has 0 atom stereocenters. The molecule has 1 aliphatic carbocycles. The van der Waals surface area contributed by atoms with Gasteiger partial charge in [0.15, 0.2) is 0 Å². The van der Waals surface area contributed by atoms with Crippen LogP contribution in [0.15, 0.2) is 4.42 Å². The fraction of sp³-hybridized carbons (Fsp3) is 0.750. The second-order valence-electron chi connectivity index (χ2n) is 5.80. The predicted octanol–water partition coefficient (Wildman–Crippen LogP) is 1.82. The molecule has 0 aliphatic heterocycles. The first-order valence-electron chi connectivity index (χ1n) is 5.88. The topological polar surface area (TPSA) is 85.5 Å². The fourth-order valence-electron chi connectivity index (χ4n) is 2.48. The van der Waals surface area contributed by atoms with Gasteiger partial charge in [0.25, 0.3) is 0 Å². The third-order valence-corrected chi connectivity index (χ3v) is 4.20. The van der Waals surface area contributed by atoms with Crippen LogP contribution < -0.4 is 0 Å². The number of carboxylic acids is 1. The molecule has 0 unspecified atom stereocenters. The van der Waals surface area contributed by atoms with Crippen LogP contribution in [0.5, 0.6) is 0 Å². The van der Waals surface area contributed by atoms with Gasteiger partial charge >= 0.3 is 5.97 Å². The van der Waals surface area contributed by atoms with Crippen molar-refractivity contribution in [2.45, 2.75) is 40.2 Å². The molecule has 0 spiro atoms. The van der Waals surface area contributed by atoms with Gasteiger partial charge < -0.3 is 14.3 Å². The summed E-state index contributed by atoms with van der Waals surface area (Å²) in [7, 11) is 0. The highest BCUT2D eigenvalue weighted by molar-refractivity contribution is 5.67. The van der Waals surface area contributed by atoms with E-state index >= 15 is 0 Å². The Balaban J connectivity index is 1.98. The number of hydrogen-bond acceptors (Lipinski definition) is 5. The van der Waals surface area contributed by atoms with Crippen molar-refractivity contribution in [2.24, 2.45) is 10.8 Å². The van der Waals surface area contributed by atoms with Gasteiger partial charge in [0, 0.05) is 5.92 Å². The van der Waals surface area contributed by atoms with Crippen LogP contribution in [0.2, 0.25) is 0 Å². The predicted molar refractivity (Wildman–Crippen MR) is 61.9 cm³/mol. The molecule has 0 radical (unpaired) electrons. The molecule has 1 fully saturated rings. The highest BCUT2D eigenvalue weighted by Gasteiger charge is 2.67. The van der Waals surface area contributed by atoms with E-state index in [4.69, 9.17) is 14.3 Å². The van der Waals surface area contributed by atoms with E-state index in [0.29, 0.717) is 11.8 Å². The van der Waals surface area contributed by atoms with E-state index in [1.54, 1.807) is 0 Å². The number of ether oxygens (including phenoxy) is 1. The van der Waals surface area contributed by atoms with Crippen molar-refractivity contribution in [3.63, 3.8) is 0 Å². The summed E-state index contributed by atoms with van der Waals surface area (Å²) in [5, 5.41) is 16.3. The first kappa shape index (κ1) is 13.0. The zero-order valence-corrected chi connectivity index (χ0v) is 11.1. The Hall–Kier alpha value is -1.43. The first-order valence-corrected chi connectivity index (χ1v) is 5.88. The molecular formula is C12H18N2O4. The lowest BCUT2D eigenvalue weighted by molar-refractivity contribution is -0.142. The van der Waals surface area contributed by atoms with E-state index in [1.165, 1.54) is 0 Å². The average molecular weight is 254 g/mol. The largest absolute Gasteiger partial charge is 0.480 e. The summed E-state index contributed by atoms with van der Waals surface area (Å²) in [5.74, 6) is 0.161. The Labute approximate surface area is 105 Å². The monoisotopic (exact) mass is 254 g/mol. The lowest BCUT2D eigenvalue weighted by Crippen LogP contribution is -2.06. The first-order chi connectivity index (χ1) is 8.26. The third-order valence-electron chi connectivity index (χ3n) is 4.20. The zero-order chi connectivity index (χ0) is 13.6. The van der Waals surface area contributed by atoms with E-state index in [-0.39, 0.29) is 30.0 Å². The molecule has 6 nitrogen and oxygen atoms in total. The van der Waals surface area contributed by atoms with Crippen LogP contribution >= 0.6 is 0 Å². The van der Waals surface area contributed by atoms with Gasteiger partial charge in [0.2, 0.25) is 11.8 Å². The van der Waals surface area contributed by atoms with Crippen LogP contribution in [0.25, 0.3) is 0 Å². The smallest absolute Gasteiger partial charge is 0.329 e. The number of hydrogen-bond donors (Lipinski definition) is 1. The van der Waals surface area contributed by atoms with E-state index in [2.05, 4.69) is 37.9 Å². The lowest BCUT2D eigenvalue weighted by atomic mass is 10.0. The molecule has 1 N–H and O–H groups in total. The Bertz CT molecular complexity index is 450. The maximum atomic E-state index is 10.3. The number of carboxylic acid groups (broad SMARTS) is 1. The number of aromatic nitrogens is 2. The van der Waals surface area contributed by atoms with E-state index in [1.807, 2.05) is 0 Å². The van der Waals surface area contributed by atoms with Crippen molar-refractivity contribution in [2.75, 3.05) is 6.61 Å². The molecule has 1 heterocycles. The minimum Gasteiger partial charge on any atom is -0.480 e.